The van der Waals surface area contributed by atoms with Gasteiger partial charge in [0.2, 0.25) is 5.91 Å². The van der Waals surface area contributed by atoms with Crippen molar-refractivity contribution in [3.05, 3.63) is 112 Å². The first-order chi connectivity index (χ1) is 21.3. The summed E-state index contributed by atoms with van der Waals surface area (Å²) < 4.78 is 0. The molecule has 0 radical (unpaired) electrons. The van der Waals surface area contributed by atoms with E-state index in [1.807, 2.05) is 66.0 Å². The molecule has 0 spiro atoms. The van der Waals surface area contributed by atoms with Crippen LogP contribution < -0.4 is 15.1 Å². The third-order valence-corrected chi connectivity index (χ3v) is 9.29. The van der Waals surface area contributed by atoms with Gasteiger partial charge in [-0.3, -0.25) is 19.3 Å². The monoisotopic (exact) mass is 608 g/mol. The number of amides is 4. The highest BCUT2D eigenvalue weighted by Crippen LogP contribution is 2.35. The van der Waals surface area contributed by atoms with Crippen LogP contribution in [0.15, 0.2) is 90.3 Å². The molecule has 3 aromatic carbocycles. The minimum atomic E-state index is -0.931. The third-order valence-electron chi connectivity index (χ3n) is 8.43. The summed E-state index contributed by atoms with van der Waals surface area (Å²) in [5, 5.41) is 14.6. The van der Waals surface area contributed by atoms with E-state index < -0.39 is 11.9 Å². The summed E-state index contributed by atoms with van der Waals surface area (Å²) >= 11 is 1.34. The van der Waals surface area contributed by atoms with E-state index in [1.165, 1.54) is 11.3 Å². The second-order valence-corrected chi connectivity index (χ2v) is 12.1. The topological polar surface area (TPSA) is 110 Å². The van der Waals surface area contributed by atoms with Gasteiger partial charge in [0.05, 0.1) is 17.2 Å². The minimum absolute atomic E-state index is 0.111. The number of aliphatic carboxylic acids is 1. The molecular weight excluding hydrogens is 576 g/mol. The SMILES string of the molecule is CN(C(=O)Cc1ccc(NC(=O)N2CCc3ccccc32)cc1)c1ccc(C2CN(C(=O)c3cccs3)CC2C(=O)O)cc1. The van der Waals surface area contributed by atoms with Crippen molar-refractivity contribution in [3.8, 4) is 0 Å². The summed E-state index contributed by atoms with van der Waals surface area (Å²) in [6.45, 7) is 1.12. The Bertz CT molecular complexity index is 1690. The highest BCUT2D eigenvalue weighted by molar-refractivity contribution is 7.12. The van der Waals surface area contributed by atoms with Gasteiger partial charge in [0.25, 0.3) is 5.91 Å². The van der Waals surface area contributed by atoms with E-state index in [-0.39, 0.29) is 36.7 Å². The van der Waals surface area contributed by atoms with Gasteiger partial charge in [0.1, 0.15) is 0 Å². The Hall–Kier alpha value is -4.96. The van der Waals surface area contributed by atoms with Crippen LogP contribution >= 0.6 is 11.3 Å². The third kappa shape index (κ3) is 5.93. The molecule has 9 nitrogen and oxygen atoms in total. The highest BCUT2D eigenvalue weighted by Gasteiger charge is 2.41. The van der Waals surface area contributed by atoms with E-state index in [0.717, 1.165) is 28.8 Å². The summed E-state index contributed by atoms with van der Waals surface area (Å²) in [5.41, 5.74) is 5.06. The standard InChI is InChI=1S/C34H32N4O5S/c1-36(26-14-10-23(11-15-26)27-20-37(21-28(27)33(41)42)32(40)30-7-4-18-44-30)31(39)19-22-8-12-25(13-9-22)35-34(43)38-17-16-24-5-2-3-6-29(24)38/h2-15,18,27-28H,16-17,19-21H2,1H3,(H,35,43)(H,41,42). The van der Waals surface area contributed by atoms with Crippen LogP contribution in [-0.4, -0.2) is 60.5 Å². The molecule has 1 saturated heterocycles. The first-order valence-corrected chi connectivity index (χ1v) is 15.3. The number of rotatable bonds is 7. The molecule has 1 fully saturated rings. The van der Waals surface area contributed by atoms with Crippen LogP contribution in [0.25, 0.3) is 0 Å². The van der Waals surface area contributed by atoms with Gasteiger partial charge in [-0.25, -0.2) is 4.79 Å². The summed E-state index contributed by atoms with van der Waals surface area (Å²) in [6, 6.07) is 25.8. The van der Waals surface area contributed by atoms with Crippen molar-refractivity contribution < 1.29 is 24.3 Å². The number of anilines is 3. The molecule has 0 aliphatic carbocycles. The van der Waals surface area contributed by atoms with E-state index in [9.17, 15) is 24.3 Å². The Kier molecular flexibility index (Phi) is 8.17. The number of para-hydroxylation sites is 1. The quantitative estimate of drug-likeness (QED) is 0.289. The van der Waals surface area contributed by atoms with Crippen molar-refractivity contribution in [2.24, 2.45) is 5.92 Å². The van der Waals surface area contributed by atoms with Gasteiger partial charge in [-0.2, -0.15) is 0 Å². The second-order valence-electron chi connectivity index (χ2n) is 11.1. The number of carbonyl (C=O) groups is 4. The number of likely N-dealkylation sites (tertiary alicyclic amines) is 1. The van der Waals surface area contributed by atoms with Crippen LogP contribution in [-0.2, 0) is 22.4 Å². The molecule has 2 aliphatic rings. The van der Waals surface area contributed by atoms with E-state index in [1.54, 1.807) is 46.0 Å². The number of fused-ring (bicyclic) bond motifs is 1. The van der Waals surface area contributed by atoms with Gasteiger partial charge >= 0.3 is 12.0 Å². The van der Waals surface area contributed by atoms with E-state index in [0.29, 0.717) is 29.3 Å². The maximum atomic E-state index is 13.1. The van der Waals surface area contributed by atoms with Gasteiger partial charge in [-0.15, -0.1) is 11.3 Å². The van der Waals surface area contributed by atoms with Crippen LogP contribution in [0.3, 0.4) is 0 Å². The second kappa shape index (κ2) is 12.3. The summed E-state index contributed by atoms with van der Waals surface area (Å²) in [5.74, 6) is -2.24. The molecular formula is C34H32N4O5S. The van der Waals surface area contributed by atoms with Crippen molar-refractivity contribution in [2.45, 2.75) is 18.8 Å². The van der Waals surface area contributed by atoms with Gasteiger partial charge in [-0.1, -0.05) is 48.5 Å². The molecule has 2 atom stereocenters. The average molecular weight is 609 g/mol. The van der Waals surface area contributed by atoms with Crippen LogP contribution in [0.1, 0.15) is 32.3 Å². The summed E-state index contributed by atoms with van der Waals surface area (Å²) in [6.07, 6.45) is 1.01. The molecule has 1 aromatic heterocycles. The first kappa shape index (κ1) is 29.1. The predicted molar refractivity (Wildman–Crippen MR) is 171 cm³/mol. The summed E-state index contributed by atoms with van der Waals surface area (Å²) in [7, 11) is 1.71. The smallest absolute Gasteiger partial charge is 0.326 e. The Morgan fingerprint density at radius 2 is 1.68 bits per heavy atom. The molecule has 6 rings (SSSR count). The van der Waals surface area contributed by atoms with Gasteiger partial charge in [-0.05, 0) is 64.9 Å². The molecule has 224 valence electrons. The number of urea groups is 1. The lowest BCUT2D eigenvalue weighted by Crippen LogP contribution is -2.33. The molecule has 2 aliphatic heterocycles. The number of hydrogen-bond acceptors (Lipinski definition) is 5. The number of nitrogens with one attached hydrogen (secondary N) is 1. The highest BCUT2D eigenvalue weighted by atomic mass is 32.1. The largest absolute Gasteiger partial charge is 0.481 e. The van der Waals surface area contributed by atoms with E-state index >= 15 is 0 Å². The molecule has 2 unspecified atom stereocenters. The van der Waals surface area contributed by atoms with Gasteiger partial charge < -0.3 is 20.2 Å². The van der Waals surface area contributed by atoms with Crippen molar-refractivity contribution in [1.29, 1.82) is 0 Å². The number of carbonyl (C=O) groups excluding carboxylic acids is 3. The predicted octanol–water partition coefficient (Wildman–Crippen LogP) is 5.49. The summed E-state index contributed by atoms with van der Waals surface area (Å²) in [4.78, 5) is 56.4. The fourth-order valence-corrected chi connectivity index (χ4v) is 6.63. The van der Waals surface area contributed by atoms with E-state index in [4.69, 9.17) is 0 Å². The number of hydrogen-bond donors (Lipinski definition) is 2. The zero-order valence-electron chi connectivity index (χ0n) is 24.2. The number of carboxylic acids is 1. The lowest BCUT2D eigenvalue weighted by atomic mass is 9.89. The zero-order chi connectivity index (χ0) is 30.8. The molecule has 2 N–H and O–H groups in total. The van der Waals surface area contributed by atoms with Crippen molar-refractivity contribution in [1.82, 2.24) is 4.90 Å². The van der Waals surface area contributed by atoms with Crippen molar-refractivity contribution in [2.75, 3.05) is 41.8 Å². The fraction of sp³-hybridized carbons (Fsp3) is 0.235. The molecule has 0 saturated carbocycles. The maximum absolute atomic E-state index is 13.1. The van der Waals surface area contributed by atoms with E-state index in [2.05, 4.69) is 5.32 Å². The average Bonchev–Trinajstić information content (AvgIpc) is 3.81. The van der Waals surface area contributed by atoms with Crippen molar-refractivity contribution in [3.63, 3.8) is 0 Å². The van der Waals surface area contributed by atoms with Crippen LogP contribution in [0.2, 0.25) is 0 Å². The Labute approximate surface area is 259 Å². The molecule has 4 amide bonds. The fourth-order valence-electron chi connectivity index (χ4n) is 5.94. The molecule has 44 heavy (non-hydrogen) atoms. The number of carboxylic acid groups (broad SMARTS) is 1. The number of nitrogens with zero attached hydrogens (tertiary/aromatic N) is 3. The van der Waals surface area contributed by atoms with Crippen LogP contribution in [0.4, 0.5) is 21.9 Å². The molecule has 0 bridgehead atoms. The maximum Gasteiger partial charge on any atom is 0.326 e. The zero-order valence-corrected chi connectivity index (χ0v) is 25.0. The Morgan fingerprint density at radius 3 is 2.39 bits per heavy atom. The van der Waals surface area contributed by atoms with Crippen molar-refractivity contribution >= 4 is 52.2 Å². The normalized spacial score (nSPS) is 17.3. The molecule has 3 heterocycles. The Morgan fingerprint density at radius 1 is 0.932 bits per heavy atom. The van der Waals surface area contributed by atoms with Crippen LogP contribution in [0.5, 0.6) is 0 Å². The number of benzene rings is 3. The number of likely N-dealkylation sites (N-methyl/N-ethyl adjacent to an activating group) is 1. The molecule has 4 aromatic rings. The van der Waals surface area contributed by atoms with Gasteiger partial charge in [0.15, 0.2) is 0 Å². The molecule has 10 heteroatoms. The lowest BCUT2D eigenvalue weighted by Gasteiger charge is -2.20. The first-order valence-electron chi connectivity index (χ1n) is 14.5. The van der Waals surface area contributed by atoms with Crippen LogP contribution in [0, 0.1) is 5.92 Å². The lowest BCUT2D eigenvalue weighted by molar-refractivity contribution is -0.141. The minimum Gasteiger partial charge on any atom is -0.481 e. The Balaban J connectivity index is 1.06. The van der Waals surface area contributed by atoms with Gasteiger partial charge in [0, 0.05) is 49.7 Å². The number of thiophene rings is 1.